The van der Waals surface area contributed by atoms with Gasteiger partial charge in [-0.25, -0.2) is 8.78 Å². The van der Waals surface area contributed by atoms with Gasteiger partial charge in [-0.15, -0.1) is 0 Å². The maximum Gasteiger partial charge on any atom is 0.264 e. The van der Waals surface area contributed by atoms with E-state index in [4.69, 9.17) is 0 Å². The molecular formula is C20H28F2N2O. The molecule has 1 fully saturated rings. The number of carbonyl (C=O) groups excluding carboxylic acids is 1. The second-order valence-corrected chi connectivity index (χ2v) is 9.19. The van der Waals surface area contributed by atoms with Crippen molar-refractivity contribution in [2.45, 2.75) is 64.3 Å². The van der Waals surface area contributed by atoms with Crippen LogP contribution in [0.15, 0.2) is 18.2 Å². The van der Waals surface area contributed by atoms with Crippen LogP contribution in [0.25, 0.3) is 0 Å². The number of anilines is 1. The summed E-state index contributed by atoms with van der Waals surface area (Å²) in [5, 5.41) is 2.85. The Morgan fingerprint density at radius 1 is 1.24 bits per heavy atom. The lowest BCUT2D eigenvalue weighted by atomic mass is 9.75. The average Bonchev–Trinajstić information content (AvgIpc) is 2.96. The first kappa shape index (κ1) is 18.3. The summed E-state index contributed by atoms with van der Waals surface area (Å²) in [5.74, 6) is -3.34. The summed E-state index contributed by atoms with van der Waals surface area (Å²) in [6.45, 7) is 10.2. The summed E-state index contributed by atoms with van der Waals surface area (Å²) in [7, 11) is 0. The van der Waals surface area contributed by atoms with Gasteiger partial charge in [-0.2, -0.15) is 0 Å². The van der Waals surface area contributed by atoms with Crippen molar-refractivity contribution < 1.29 is 13.6 Å². The molecule has 0 aliphatic carbocycles. The first-order valence-electron chi connectivity index (χ1n) is 8.95. The molecule has 1 atom stereocenters. The summed E-state index contributed by atoms with van der Waals surface area (Å²) < 4.78 is 29.2. The average molecular weight is 350 g/mol. The van der Waals surface area contributed by atoms with Crippen LogP contribution in [0.4, 0.5) is 14.5 Å². The SMILES string of the molecule is CC(C)(CC1CN(C(C)(C)C)CC1(F)F)c1ccc2c(c1)NC(=O)C2. The van der Waals surface area contributed by atoms with E-state index < -0.39 is 11.8 Å². The molecular weight excluding hydrogens is 322 g/mol. The first-order valence-corrected chi connectivity index (χ1v) is 8.95. The van der Waals surface area contributed by atoms with Gasteiger partial charge in [0, 0.05) is 23.7 Å². The molecule has 1 unspecified atom stereocenters. The molecule has 3 nitrogen and oxygen atoms in total. The van der Waals surface area contributed by atoms with Gasteiger partial charge in [-0.05, 0) is 49.8 Å². The van der Waals surface area contributed by atoms with E-state index in [0.717, 1.165) is 16.8 Å². The fourth-order valence-corrected chi connectivity index (χ4v) is 3.94. The number of benzene rings is 1. The van der Waals surface area contributed by atoms with Crippen LogP contribution in [0.1, 0.15) is 52.2 Å². The Morgan fingerprint density at radius 3 is 2.52 bits per heavy atom. The largest absolute Gasteiger partial charge is 0.326 e. The van der Waals surface area contributed by atoms with E-state index >= 15 is 0 Å². The highest BCUT2D eigenvalue weighted by Gasteiger charge is 2.51. The quantitative estimate of drug-likeness (QED) is 0.885. The molecule has 0 spiro atoms. The number of nitrogens with one attached hydrogen (secondary N) is 1. The van der Waals surface area contributed by atoms with Crippen LogP contribution >= 0.6 is 0 Å². The third-order valence-electron chi connectivity index (χ3n) is 5.66. The van der Waals surface area contributed by atoms with Crippen molar-refractivity contribution in [3.05, 3.63) is 29.3 Å². The summed E-state index contributed by atoms with van der Waals surface area (Å²) in [5.41, 5.74) is 2.17. The Kier molecular flexibility index (Phi) is 4.22. The van der Waals surface area contributed by atoms with Crippen molar-refractivity contribution in [1.82, 2.24) is 4.90 Å². The molecule has 2 aliphatic heterocycles. The number of amides is 1. The van der Waals surface area contributed by atoms with Gasteiger partial charge in [0.25, 0.3) is 5.92 Å². The molecule has 3 rings (SSSR count). The predicted molar refractivity (Wildman–Crippen MR) is 96.2 cm³/mol. The number of alkyl halides is 2. The fourth-order valence-electron chi connectivity index (χ4n) is 3.94. The monoisotopic (exact) mass is 350 g/mol. The molecule has 1 aromatic rings. The zero-order chi connectivity index (χ0) is 18.6. The fraction of sp³-hybridized carbons (Fsp3) is 0.650. The van der Waals surface area contributed by atoms with E-state index in [2.05, 4.69) is 5.32 Å². The molecule has 0 bridgehead atoms. The molecule has 1 N–H and O–H groups in total. The lowest BCUT2D eigenvalue weighted by Crippen LogP contribution is -2.40. The van der Waals surface area contributed by atoms with E-state index in [0.29, 0.717) is 19.4 Å². The number of carbonyl (C=O) groups is 1. The molecule has 0 aromatic heterocycles. The zero-order valence-electron chi connectivity index (χ0n) is 15.7. The van der Waals surface area contributed by atoms with Crippen molar-refractivity contribution in [1.29, 1.82) is 0 Å². The van der Waals surface area contributed by atoms with Crippen molar-refractivity contribution >= 4 is 11.6 Å². The van der Waals surface area contributed by atoms with Crippen molar-refractivity contribution in [2.75, 3.05) is 18.4 Å². The number of halogens is 2. The molecule has 1 saturated heterocycles. The van der Waals surface area contributed by atoms with Gasteiger partial charge in [-0.1, -0.05) is 26.0 Å². The van der Waals surface area contributed by atoms with Gasteiger partial charge in [0.1, 0.15) is 0 Å². The number of rotatable bonds is 3. The maximum absolute atomic E-state index is 14.6. The number of hydrogen-bond donors (Lipinski definition) is 1. The number of nitrogens with zero attached hydrogens (tertiary/aromatic N) is 1. The summed E-state index contributed by atoms with van der Waals surface area (Å²) in [6, 6.07) is 5.88. The molecule has 0 radical (unpaired) electrons. The molecule has 138 valence electrons. The van der Waals surface area contributed by atoms with Crippen molar-refractivity contribution in [3.8, 4) is 0 Å². The van der Waals surface area contributed by atoms with Gasteiger partial charge in [0.2, 0.25) is 5.91 Å². The molecule has 2 aliphatic rings. The zero-order valence-corrected chi connectivity index (χ0v) is 15.7. The molecule has 1 amide bonds. The van der Waals surface area contributed by atoms with E-state index in [9.17, 15) is 13.6 Å². The topological polar surface area (TPSA) is 32.3 Å². The highest BCUT2D eigenvalue weighted by molar-refractivity contribution is 5.99. The van der Waals surface area contributed by atoms with E-state index in [1.807, 2.05) is 57.7 Å². The minimum absolute atomic E-state index is 0.00639. The summed E-state index contributed by atoms with van der Waals surface area (Å²) in [4.78, 5) is 13.4. The Bertz CT molecular complexity index is 691. The third kappa shape index (κ3) is 3.57. The van der Waals surface area contributed by atoms with Crippen LogP contribution in [0, 0.1) is 5.92 Å². The van der Waals surface area contributed by atoms with Crippen LogP contribution in [0.5, 0.6) is 0 Å². The number of likely N-dealkylation sites (tertiary alicyclic amines) is 1. The van der Waals surface area contributed by atoms with E-state index in [1.54, 1.807) is 0 Å². The molecule has 1 aromatic carbocycles. The normalized spacial score (nSPS) is 23.6. The van der Waals surface area contributed by atoms with Gasteiger partial charge < -0.3 is 5.32 Å². The van der Waals surface area contributed by atoms with Gasteiger partial charge >= 0.3 is 0 Å². The first-order chi connectivity index (χ1) is 11.4. The highest BCUT2D eigenvalue weighted by atomic mass is 19.3. The number of fused-ring (bicyclic) bond motifs is 1. The van der Waals surface area contributed by atoms with Crippen LogP contribution in [0.2, 0.25) is 0 Å². The Hall–Kier alpha value is -1.49. The molecule has 2 heterocycles. The van der Waals surface area contributed by atoms with Gasteiger partial charge in [0.05, 0.1) is 13.0 Å². The van der Waals surface area contributed by atoms with Crippen molar-refractivity contribution in [2.24, 2.45) is 5.92 Å². The van der Waals surface area contributed by atoms with E-state index in [-0.39, 0.29) is 23.4 Å². The van der Waals surface area contributed by atoms with Gasteiger partial charge in [0.15, 0.2) is 0 Å². The predicted octanol–water partition coefficient (Wildman–Crippen LogP) is 4.21. The standard InChI is InChI=1S/C20H28F2N2O/c1-18(2,3)24-11-15(20(21,22)12-24)10-19(4,5)14-7-6-13-8-17(25)23-16(13)9-14/h6-7,9,15H,8,10-12H2,1-5H3,(H,23,25). The second-order valence-electron chi connectivity index (χ2n) is 9.19. The van der Waals surface area contributed by atoms with Crippen molar-refractivity contribution in [3.63, 3.8) is 0 Å². The summed E-state index contributed by atoms with van der Waals surface area (Å²) in [6.07, 6.45) is 0.816. The lowest BCUT2D eigenvalue weighted by molar-refractivity contribution is -0.115. The maximum atomic E-state index is 14.6. The van der Waals surface area contributed by atoms with E-state index in [1.165, 1.54) is 0 Å². The highest BCUT2D eigenvalue weighted by Crippen LogP contribution is 2.44. The molecule has 0 saturated carbocycles. The Labute approximate surface area is 148 Å². The number of hydrogen-bond acceptors (Lipinski definition) is 2. The Balaban J connectivity index is 1.80. The third-order valence-corrected chi connectivity index (χ3v) is 5.66. The van der Waals surface area contributed by atoms with Crippen LogP contribution in [-0.2, 0) is 16.6 Å². The summed E-state index contributed by atoms with van der Waals surface area (Å²) >= 11 is 0. The van der Waals surface area contributed by atoms with Gasteiger partial charge in [-0.3, -0.25) is 9.69 Å². The minimum Gasteiger partial charge on any atom is -0.326 e. The molecule has 25 heavy (non-hydrogen) atoms. The van der Waals surface area contributed by atoms with Crippen LogP contribution in [-0.4, -0.2) is 35.4 Å². The Morgan fingerprint density at radius 2 is 1.92 bits per heavy atom. The minimum atomic E-state index is -2.67. The lowest BCUT2D eigenvalue weighted by Gasteiger charge is -2.32. The van der Waals surface area contributed by atoms with Crippen LogP contribution < -0.4 is 5.32 Å². The smallest absolute Gasteiger partial charge is 0.264 e. The van der Waals surface area contributed by atoms with Crippen LogP contribution in [0.3, 0.4) is 0 Å². The second kappa shape index (κ2) is 5.76. The molecule has 5 heteroatoms.